The largest absolute Gasteiger partial charge is 0.489 e. The van der Waals surface area contributed by atoms with Crippen molar-refractivity contribution in [3.05, 3.63) is 125 Å². The van der Waals surface area contributed by atoms with Crippen LogP contribution in [0.2, 0.25) is 0 Å². The number of ether oxygens (including phenoxy) is 1. The molecule has 1 saturated heterocycles. The number of rotatable bonds is 7. The second kappa shape index (κ2) is 9.89. The van der Waals surface area contributed by atoms with E-state index in [1.165, 1.54) is 28.7 Å². The van der Waals surface area contributed by atoms with Crippen LogP contribution in [0.4, 0.5) is 0 Å². The Balaban J connectivity index is 1.11. The number of aromatic amines is 2. The van der Waals surface area contributed by atoms with Gasteiger partial charge in [0, 0.05) is 0 Å². The lowest BCUT2D eigenvalue weighted by molar-refractivity contribution is 0.306. The molecule has 204 valence electrons. The number of aryl methyl sites for hydroxylation is 1. The van der Waals surface area contributed by atoms with Crippen molar-refractivity contribution in [1.29, 1.82) is 0 Å². The van der Waals surface area contributed by atoms with Gasteiger partial charge < -0.3 is 20.0 Å². The lowest BCUT2D eigenvalue weighted by atomic mass is 10.0. The molecule has 4 atom stereocenters. The first kappa shape index (κ1) is 24.4. The molecule has 8 rings (SSSR count). The predicted octanol–water partition coefficient (Wildman–Crippen LogP) is 7.42. The minimum atomic E-state index is 0.333. The van der Waals surface area contributed by atoms with Crippen LogP contribution in [0.3, 0.4) is 0 Å². The average molecular weight is 540 g/mol. The number of nitrogens with zero attached hydrogens (tertiary/aromatic N) is 2. The van der Waals surface area contributed by atoms with E-state index < -0.39 is 0 Å². The quantitative estimate of drug-likeness (QED) is 0.197. The Kier molecular flexibility index (Phi) is 5.88. The van der Waals surface area contributed by atoms with Crippen LogP contribution >= 0.6 is 0 Å². The molecular weight excluding hydrogens is 506 g/mol. The zero-order valence-electron chi connectivity index (χ0n) is 23.1. The van der Waals surface area contributed by atoms with E-state index in [4.69, 9.17) is 9.72 Å². The summed E-state index contributed by atoms with van der Waals surface area (Å²) in [5.41, 5.74) is 9.50. The number of H-pyrrole nitrogens is 2. The summed E-state index contributed by atoms with van der Waals surface area (Å²) in [6, 6.07) is 32.9. The standard InChI is InChI=1S/C35H33N5O/c1-21-37-27-15-11-24(18-30(27)38-21)33-32(23-9-13-26(14-10-23)41-20-22-6-3-2-4-7-22)34(33)25-12-16-28-31(19-25)40-35(39-28)29-8-5-17-36-29/h2-4,6-7,9-16,18-19,29,32-34,36H,5,8,17,20H2,1H3,(H,37,38)(H,39,40). The zero-order chi connectivity index (χ0) is 27.3. The highest BCUT2D eigenvalue weighted by molar-refractivity contribution is 5.78. The van der Waals surface area contributed by atoms with Gasteiger partial charge in [0.1, 0.15) is 24.0 Å². The van der Waals surface area contributed by atoms with Gasteiger partial charge in [-0.15, -0.1) is 0 Å². The molecule has 0 amide bonds. The molecule has 2 fully saturated rings. The van der Waals surface area contributed by atoms with E-state index in [1.54, 1.807) is 0 Å². The van der Waals surface area contributed by atoms with Gasteiger partial charge in [-0.3, -0.25) is 0 Å². The number of imidazole rings is 2. The molecule has 0 spiro atoms. The summed E-state index contributed by atoms with van der Waals surface area (Å²) in [5, 5.41) is 3.57. The van der Waals surface area contributed by atoms with Gasteiger partial charge in [-0.2, -0.15) is 0 Å². The van der Waals surface area contributed by atoms with Gasteiger partial charge in [0.25, 0.3) is 0 Å². The molecule has 6 heteroatoms. The van der Waals surface area contributed by atoms with Crippen LogP contribution in [0.25, 0.3) is 22.1 Å². The van der Waals surface area contributed by atoms with Gasteiger partial charge in [-0.1, -0.05) is 54.6 Å². The highest BCUT2D eigenvalue weighted by atomic mass is 16.5. The summed E-state index contributed by atoms with van der Waals surface area (Å²) in [6.07, 6.45) is 2.34. The molecule has 2 aliphatic rings. The Hall–Kier alpha value is -4.42. The normalized spacial score (nSPS) is 22.0. The Morgan fingerprint density at radius 2 is 1.39 bits per heavy atom. The van der Waals surface area contributed by atoms with E-state index in [0.29, 0.717) is 30.4 Å². The van der Waals surface area contributed by atoms with Crippen LogP contribution in [-0.4, -0.2) is 26.5 Å². The van der Waals surface area contributed by atoms with Crippen LogP contribution in [0.5, 0.6) is 5.75 Å². The monoisotopic (exact) mass is 539 g/mol. The lowest BCUT2D eigenvalue weighted by Gasteiger charge is -2.08. The second-order valence-corrected chi connectivity index (χ2v) is 11.6. The van der Waals surface area contributed by atoms with Crippen molar-refractivity contribution < 1.29 is 4.74 Å². The van der Waals surface area contributed by atoms with E-state index in [9.17, 15) is 0 Å². The predicted molar refractivity (Wildman–Crippen MR) is 162 cm³/mol. The van der Waals surface area contributed by atoms with Crippen molar-refractivity contribution in [3.63, 3.8) is 0 Å². The van der Waals surface area contributed by atoms with E-state index in [2.05, 4.69) is 93.1 Å². The molecule has 3 heterocycles. The molecule has 3 N–H and O–H groups in total. The molecule has 41 heavy (non-hydrogen) atoms. The van der Waals surface area contributed by atoms with E-state index in [0.717, 1.165) is 52.4 Å². The number of hydrogen-bond acceptors (Lipinski definition) is 4. The summed E-state index contributed by atoms with van der Waals surface area (Å²) >= 11 is 0. The van der Waals surface area contributed by atoms with Crippen LogP contribution in [0, 0.1) is 6.92 Å². The lowest BCUT2D eigenvalue weighted by Crippen LogP contribution is -2.13. The maximum Gasteiger partial charge on any atom is 0.124 e. The third-order valence-corrected chi connectivity index (χ3v) is 8.84. The molecule has 4 unspecified atom stereocenters. The van der Waals surface area contributed by atoms with Gasteiger partial charge in [-0.05, 0) is 103 Å². The fraction of sp³-hybridized carbons (Fsp3) is 0.257. The van der Waals surface area contributed by atoms with Crippen LogP contribution in [0.1, 0.15) is 70.5 Å². The number of benzene rings is 4. The first-order valence-corrected chi connectivity index (χ1v) is 14.7. The van der Waals surface area contributed by atoms with E-state index in [-0.39, 0.29) is 0 Å². The molecule has 6 nitrogen and oxygen atoms in total. The van der Waals surface area contributed by atoms with Crippen molar-refractivity contribution >= 4 is 22.1 Å². The molecule has 1 aliphatic carbocycles. The molecule has 0 radical (unpaired) electrons. The Bertz CT molecular complexity index is 1830. The molecular formula is C35H33N5O. The summed E-state index contributed by atoms with van der Waals surface area (Å²) in [4.78, 5) is 16.6. The van der Waals surface area contributed by atoms with Crippen LogP contribution < -0.4 is 10.1 Å². The van der Waals surface area contributed by atoms with Gasteiger partial charge in [0.15, 0.2) is 0 Å². The first-order valence-electron chi connectivity index (χ1n) is 14.7. The summed E-state index contributed by atoms with van der Waals surface area (Å²) in [6.45, 7) is 3.65. The third kappa shape index (κ3) is 4.58. The van der Waals surface area contributed by atoms with Gasteiger partial charge in [-0.25, -0.2) is 9.97 Å². The average Bonchev–Trinajstić information content (AvgIpc) is 3.36. The topological polar surface area (TPSA) is 78.6 Å². The van der Waals surface area contributed by atoms with E-state index in [1.807, 2.05) is 25.1 Å². The molecule has 4 aromatic carbocycles. The summed E-state index contributed by atoms with van der Waals surface area (Å²) in [5.74, 6) is 4.06. The Labute approximate surface area is 239 Å². The summed E-state index contributed by atoms with van der Waals surface area (Å²) in [7, 11) is 0. The van der Waals surface area contributed by atoms with Crippen molar-refractivity contribution in [1.82, 2.24) is 25.3 Å². The molecule has 1 aliphatic heterocycles. The van der Waals surface area contributed by atoms with Crippen LogP contribution in [-0.2, 0) is 6.61 Å². The SMILES string of the molecule is Cc1nc2ccc(C3C(c4ccc(OCc5ccccc5)cc4)C3c3ccc4nc(C5CCCN5)[nH]c4c3)cc2[nH]1. The minimum Gasteiger partial charge on any atom is -0.489 e. The van der Waals surface area contributed by atoms with Gasteiger partial charge >= 0.3 is 0 Å². The smallest absolute Gasteiger partial charge is 0.124 e. The maximum atomic E-state index is 6.09. The molecule has 0 bridgehead atoms. The molecule has 1 saturated carbocycles. The number of nitrogens with one attached hydrogen (secondary N) is 3. The second-order valence-electron chi connectivity index (χ2n) is 11.6. The van der Waals surface area contributed by atoms with Crippen molar-refractivity contribution in [2.45, 2.75) is 50.2 Å². The van der Waals surface area contributed by atoms with Crippen molar-refractivity contribution in [3.8, 4) is 5.75 Å². The fourth-order valence-corrected chi connectivity index (χ4v) is 6.78. The Morgan fingerprint density at radius 1 is 0.732 bits per heavy atom. The highest BCUT2D eigenvalue weighted by Gasteiger charge is 2.52. The van der Waals surface area contributed by atoms with Crippen molar-refractivity contribution in [2.24, 2.45) is 0 Å². The van der Waals surface area contributed by atoms with Crippen molar-refractivity contribution in [2.75, 3.05) is 6.54 Å². The fourth-order valence-electron chi connectivity index (χ4n) is 6.78. The molecule has 2 aromatic heterocycles. The van der Waals surface area contributed by atoms with Crippen LogP contribution in [0.15, 0.2) is 91.0 Å². The minimum absolute atomic E-state index is 0.333. The van der Waals surface area contributed by atoms with Gasteiger partial charge in [0.05, 0.1) is 28.1 Å². The Morgan fingerprint density at radius 3 is 2.10 bits per heavy atom. The number of hydrogen-bond donors (Lipinski definition) is 3. The third-order valence-electron chi connectivity index (χ3n) is 8.84. The highest BCUT2D eigenvalue weighted by Crippen LogP contribution is 2.66. The first-order chi connectivity index (χ1) is 20.2. The maximum absolute atomic E-state index is 6.09. The molecule has 6 aromatic rings. The summed E-state index contributed by atoms with van der Waals surface area (Å²) < 4.78 is 6.09. The number of fused-ring (bicyclic) bond motifs is 2. The zero-order valence-corrected chi connectivity index (χ0v) is 23.1. The van der Waals surface area contributed by atoms with E-state index >= 15 is 0 Å². The van der Waals surface area contributed by atoms with Gasteiger partial charge in [0.2, 0.25) is 0 Å². The number of aromatic nitrogens is 4.